The van der Waals surface area contributed by atoms with Gasteiger partial charge in [0.2, 0.25) is 11.9 Å². The Morgan fingerprint density at radius 3 is 2.43 bits per heavy atom. The summed E-state index contributed by atoms with van der Waals surface area (Å²) in [6.07, 6.45) is 6.29. The fourth-order valence-electron chi connectivity index (χ4n) is 2.86. The van der Waals surface area contributed by atoms with E-state index in [0.717, 1.165) is 29.3 Å². The lowest BCUT2D eigenvalue weighted by atomic mass is 9.64. The molecule has 0 radical (unpaired) electrons. The second-order valence-corrected chi connectivity index (χ2v) is 6.61. The maximum absolute atomic E-state index is 12.7. The third kappa shape index (κ3) is 3.52. The minimum atomic E-state index is -0.357. The highest BCUT2D eigenvalue weighted by Gasteiger charge is 2.45. The normalized spacial score (nSPS) is 15.5. The summed E-state index contributed by atoms with van der Waals surface area (Å²) in [4.78, 5) is 20.8. The summed E-state index contributed by atoms with van der Waals surface area (Å²) < 4.78 is 1.03. The van der Waals surface area contributed by atoms with E-state index < -0.39 is 0 Å². The lowest BCUT2D eigenvalue weighted by Crippen LogP contribution is -2.50. The molecule has 1 aliphatic carbocycles. The minimum absolute atomic E-state index is 0.113. The van der Waals surface area contributed by atoms with Crippen LogP contribution in [0.4, 0.5) is 5.95 Å². The molecule has 1 aromatic carbocycles. The molecule has 2 N–H and O–H groups in total. The number of amides is 1. The van der Waals surface area contributed by atoms with Gasteiger partial charge in [-0.1, -0.05) is 34.5 Å². The number of carbonyl (C=O) groups is 1. The fraction of sp³-hybridized carbons (Fsp3) is 0.353. The number of nitrogens with one attached hydrogen (secondary N) is 2. The number of anilines is 1. The largest absolute Gasteiger partial charge is 0.354 e. The third-order valence-corrected chi connectivity index (χ3v) is 4.83. The minimum Gasteiger partial charge on any atom is -0.354 e. The predicted octanol–water partition coefficient (Wildman–Crippen LogP) is 2.89. The van der Waals surface area contributed by atoms with E-state index in [9.17, 15) is 4.79 Å². The third-order valence-electron chi connectivity index (χ3n) is 4.30. The molecule has 0 unspecified atom stereocenters. The molecule has 23 heavy (non-hydrogen) atoms. The van der Waals surface area contributed by atoms with Crippen LogP contribution in [0.25, 0.3) is 0 Å². The van der Waals surface area contributed by atoms with E-state index in [1.807, 2.05) is 24.3 Å². The van der Waals surface area contributed by atoms with Gasteiger partial charge in [-0.2, -0.15) is 0 Å². The summed E-state index contributed by atoms with van der Waals surface area (Å²) in [7, 11) is 0. The highest BCUT2D eigenvalue weighted by Crippen LogP contribution is 2.44. The first-order valence-electron chi connectivity index (χ1n) is 7.76. The zero-order chi connectivity index (χ0) is 16.1. The first-order valence-corrected chi connectivity index (χ1v) is 8.55. The van der Waals surface area contributed by atoms with Crippen LogP contribution in [-0.4, -0.2) is 29.0 Å². The van der Waals surface area contributed by atoms with Gasteiger partial charge in [-0.15, -0.1) is 0 Å². The Labute approximate surface area is 144 Å². The molecule has 0 atom stereocenters. The molecule has 6 heteroatoms. The van der Waals surface area contributed by atoms with Crippen LogP contribution in [0.15, 0.2) is 47.2 Å². The first-order chi connectivity index (χ1) is 11.2. The van der Waals surface area contributed by atoms with E-state index in [-0.39, 0.29) is 11.3 Å². The number of rotatable bonds is 6. The second kappa shape index (κ2) is 7.08. The van der Waals surface area contributed by atoms with Gasteiger partial charge in [-0.25, -0.2) is 9.97 Å². The van der Waals surface area contributed by atoms with Gasteiger partial charge in [0.25, 0.3) is 0 Å². The highest BCUT2D eigenvalue weighted by atomic mass is 79.9. The van der Waals surface area contributed by atoms with Crippen molar-refractivity contribution in [1.82, 2.24) is 15.3 Å². The van der Waals surface area contributed by atoms with Crippen molar-refractivity contribution in [2.45, 2.75) is 24.7 Å². The molecule has 1 saturated carbocycles. The maximum atomic E-state index is 12.7. The fourth-order valence-corrected chi connectivity index (χ4v) is 3.12. The van der Waals surface area contributed by atoms with Crippen molar-refractivity contribution in [2.24, 2.45) is 0 Å². The molecule has 120 valence electrons. The number of aromatic nitrogens is 2. The predicted molar refractivity (Wildman–Crippen MR) is 93.2 cm³/mol. The van der Waals surface area contributed by atoms with E-state index in [4.69, 9.17) is 0 Å². The van der Waals surface area contributed by atoms with Crippen molar-refractivity contribution in [3.8, 4) is 0 Å². The van der Waals surface area contributed by atoms with Crippen molar-refractivity contribution in [3.63, 3.8) is 0 Å². The van der Waals surface area contributed by atoms with E-state index in [2.05, 4.69) is 36.5 Å². The van der Waals surface area contributed by atoms with E-state index in [0.29, 0.717) is 19.0 Å². The lowest BCUT2D eigenvalue weighted by molar-refractivity contribution is -0.129. The summed E-state index contributed by atoms with van der Waals surface area (Å²) in [6.45, 7) is 1.15. The van der Waals surface area contributed by atoms with E-state index >= 15 is 0 Å². The molecule has 5 nitrogen and oxygen atoms in total. The van der Waals surface area contributed by atoms with Crippen LogP contribution in [-0.2, 0) is 10.2 Å². The molecule has 1 amide bonds. The highest BCUT2D eigenvalue weighted by molar-refractivity contribution is 9.10. The molecule has 0 bridgehead atoms. The van der Waals surface area contributed by atoms with Crippen molar-refractivity contribution in [1.29, 1.82) is 0 Å². The van der Waals surface area contributed by atoms with Gasteiger partial charge >= 0.3 is 0 Å². The molecule has 0 saturated heterocycles. The topological polar surface area (TPSA) is 66.9 Å². The van der Waals surface area contributed by atoms with Crippen LogP contribution in [0, 0.1) is 0 Å². The zero-order valence-electron chi connectivity index (χ0n) is 12.8. The molecular weight excluding hydrogens is 356 g/mol. The number of carbonyl (C=O) groups excluding carboxylic acids is 1. The lowest BCUT2D eigenvalue weighted by Gasteiger charge is -2.40. The summed E-state index contributed by atoms with van der Waals surface area (Å²) in [6, 6.07) is 9.84. The molecule has 0 spiro atoms. The smallest absolute Gasteiger partial charge is 0.230 e. The molecule has 1 fully saturated rings. The Morgan fingerprint density at radius 2 is 1.83 bits per heavy atom. The number of benzene rings is 1. The standard InChI is InChI=1S/C17H19BrN4O/c18-14-5-3-13(4-6-14)17(7-1-8-17)15(23)19-11-12-22-16-20-9-2-10-21-16/h2-6,9-10H,1,7-8,11-12H2,(H,19,23)(H,20,21,22). The van der Waals surface area contributed by atoms with Crippen molar-refractivity contribution in [2.75, 3.05) is 18.4 Å². The number of nitrogens with zero attached hydrogens (tertiary/aromatic N) is 2. The number of hydrogen-bond donors (Lipinski definition) is 2. The van der Waals surface area contributed by atoms with Crippen LogP contribution in [0.2, 0.25) is 0 Å². The Morgan fingerprint density at radius 1 is 1.13 bits per heavy atom. The summed E-state index contributed by atoms with van der Waals surface area (Å²) in [5.41, 5.74) is 0.744. The summed E-state index contributed by atoms with van der Waals surface area (Å²) in [5.74, 6) is 0.690. The van der Waals surface area contributed by atoms with Crippen LogP contribution in [0.5, 0.6) is 0 Å². The monoisotopic (exact) mass is 374 g/mol. The van der Waals surface area contributed by atoms with Gasteiger partial charge in [0.15, 0.2) is 0 Å². The van der Waals surface area contributed by atoms with Crippen molar-refractivity contribution in [3.05, 3.63) is 52.8 Å². The quantitative estimate of drug-likeness (QED) is 0.762. The second-order valence-electron chi connectivity index (χ2n) is 5.70. The van der Waals surface area contributed by atoms with Gasteiger partial charge in [-0.05, 0) is 36.6 Å². The number of hydrogen-bond acceptors (Lipinski definition) is 4. The zero-order valence-corrected chi connectivity index (χ0v) is 14.3. The van der Waals surface area contributed by atoms with Gasteiger partial charge in [-0.3, -0.25) is 4.79 Å². The molecule has 2 aromatic rings. The molecule has 0 aliphatic heterocycles. The first kappa shape index (κ1) is 15.9. The number of halogens is 1. The molecule has 3 rings (SSSR count). The van der Waals surface area contributed by atoms with Crippen LogP contribution in [0.1, 0.15) is 24.8 Å². The van der Waals surface area contributed by atoms with E-state index in [1.165, 1.54) is 0 Å². The Hall–Kier alpha value is -1.95. The van der Waals surface area contributed by atoms with Gasteiger partial charge in [0.05, 0.1) is 5.41 Å². The average molecular weight is 375 g/mol. The van der Waals surface area contributed by atoms with Crippen LogP contribution >= 0.6 is 15.9 Å². The Balaban J connectivity index is 1.55. The summed E-state index contributed by atoms with van der Waals surface area (Å²) in [5, 5.41) is 6.13. The van der Waals surface area contributed by atoms with Gasteiger partial charge < -0.3 is 10.6 Å². The molecule has 1 aliphatic rings. The molecule has 1 heterocycles. The molecular formula is C17H19BrN4O. The average Bonchev–Trinajstić information content (AvgIpc) is 2.53. The Bertz CT molecular complexity index is 656. The van der Waals surface area contributed by atoms with Crippen LogP contribution in [0.3, 0.4) is 0 Å². The Kier molecular flexibility index (Phi) is 4.91. The van der Waals surface area contributed by atoms with Crippen molar-refractivity contribution < 1.29 is 4.79 Å². The van der Waals surface area contributed by atoms with Crippen LogP contribution < -0.4 is 10.6 Å². The SMILES string of the molecule is O=C(NCCNc1ncccn1)C1(c2ccc(Br)cc2)CCC1. The van der Waals surface area contributed by atoms with Gasteiger partial charge in [0, 0.05) is 30.0 Å². The van der Waals surface area contributed by atoms with Crippen molar-refractivity contribution >= 4 is 27.8 Å². The van der Waals surface area contributed by atoms with Gasteiger partial charge in [0.1, 0.15) is 0 Å². The maximum Gasteiger partial charge on any atom is 0.230 e. The molecule has 1 aromatic heterocycles. The summed E-state index contributed by atoms with van der Waals surface area (Å²) >= 11 is 3.44. The van der Waals surface area contributed by atoms with E-state index in [1.54, 1.807) is 18.5 Å².